The van der Waals surface area contributed by atoms with E-state index in [-0.39, 0.29) is 24.0 Å². The molecule has 0 aliphatic heterocycles. The van der Waals surface area contributed by atoms with E-state index in [4.69, 9.17) is 0 Å². The number of rotatable bonds is 7. The minimum absolute atomic E-state index is 0.0242. The first-order chi connectivity index (χ1) is 11.0. The highest BCUT2D eigenvalue weighted by molar-refractivity contribution is 5.89. The third-order valence-corrected chi connectivity index (χ3v) is 4.31. The van der Waals surface area contributed by atoms with Crippen LogP contribution in [0.2, 0.25) is 0 Å². The van der Waals surface area contributed by atoms with E-state index in [1.807, 2.05) is 0 Å². The number of benzene rings is 1. The lowest BCUT2D eigenvalue weighted by molar-refractivity contribution is -0.120. The Bertz CT molecular complexity index is 600. The van der Waals surface area contributed by atoms with Gasteiger partial charge in [-0.3, -0.25) is 9.59 Å². The van der Waals surface area contributed by atoms with E-state index >= 15 is 0 Å². The number of nitrogens with one attached hydrogen (secondary N) is 3. The molecule has 3 N–H and O–H groups in total. The van der Waals surface area contributed by atoms with Crippen LogP contribution in [-0.2, 0) is 9.59 Å². The van der Waals surface area contributed by atoms with Gasteiger partial charge >= 0.3 is 0 Å². The van der Waals surface area contributed by atoms with Crippen LogP contribution in [0.3, 0.4) is 0 Å². The van der Waals surface area contributed by atoms with Gasteiger partial charge in [0.2, 0.25) is 11.8 Å². The molecule has 0 radical (unpaired) electrons. The summed E-state index contributed by atoms with van der Waals surface area (Å²) in [4.78, 5) is 23.1. The first kappa shape index (κ1) is 15.8. The summed E-state index contributed by atoms with van der Waals surface area (Å²) < 4.78 is 13.8. The number of halogens is 1. The average molecular weight is 319 g/mol. The van der Waals surface area contributed by atoms with Crippen molar-refractivity contribution in [3.63, 3.8) is 0 Å². The zero-order valence-corrected chi connectivity index (χ0v) is 13.2. The minimum atomic E-state index is -0.451. The smallest absolute Gasteiger partial charge is 0.239 e. The number of carbonyl (C=O) groups excluding carboxylic acids is 2. The van der Waals surface area contributed by atoms with Crippen molar-refractivity contribution in [3.05, 3.63) is 24.0 Å². The number of anilines is 2. The van der Waals surface area contributed by atoms with Crippen molar-refractivity contribution in [3.8, 4) is 0 Å². The molecule has 2 saturated carbocycles. The first-order valence-corrected chi connectivity index (χ1v) is 8.13. The maximum atomic E-state index is 13.8. The molecule has 124 valence electrons. The fourth-order valence-corrected chi connectivity index (χ4v) is 2.89. The van der Waals surface area contributed by atoms with Gasteiger partial charge in [0.1, 0.15) is 5.82 Å². The molecule has 5 nitrogen and oxygen atoms in total. The Kier molecular flexibility index (Phi) is 4.50. The van der Waals surface area contributed by atoms with Gasteiger partial charge in [0.25, 0.3) is 0 Å². The zero-order valence-electron chi connectivity index (χ0n) is 13.2. The molecule has 0 heterocycles. The summed E-state index contributed by atoms with van der Waals surface area (Å²) >= 11 is 0. The average Bonchev–Trinajstić information content (AvgIpc) is 3.37. The van der Waals surface area contributed by atoms with E-state index in [2.05, 4.69) is 16.0 Å². The highest BCUT2D eigenvalue weighted by Crippen LogP contribution is 2.44. The first-order valence-electron chi connectivity index (χ1n) is 8.13. The normalized spacial score (nSPS) is 17.0. The van der Waals surface area contributed by atoms with Gasteiger partial charge in [-0.05, 0) is 55.7 Å². The Morgan fingerprint density at radius 3 is 2.43 bits per heavy atom. The van der Waals surface area contributed by atoms with Gasteiger partial charge < -0.3 is 16.0 Å². The van der Waals surface area contributed by atoms with Crippen LogP contribution in [-0.4, -0.2) is 24.4 Å². The van der Waals surface area contributed by atoms with Crippen molar-refractivity contribution in [1.29, 1.82) is 0 Å². The second-order valence-corrected chi connectivity index (χ2v) is 6.50. The molecular formula is C17H22FN3O2. The topological polar surface area (TPSA) is 70.2 Å². The molecule has 6 heteroatoms. The maximum absolute atomic E-state index is 13.8. The third-order valence-electron chi connectivity index (χ3n) is 4.31. The van der Waals surface area contributed by atoms with Crippen LogP contribution in [0.15, 0.2) is 18.2 Å². The molecule has 0 spiro atoms. The highest BCUT2D eigenvalue weighted by Gasteiger charge is 2.42. The fourth-order valence-electron chi connectivity index (χ4n) is 2.89. The Labute approximate surface area is 135 Å². The van der Waals surface area contributed by atoms with Gasteiger partial charge in [-0.15, -0.1) is 0 Å². The van der Waals surface area contributed by atoms with Crippen molar-refractivity contribution >= 4 is 23.2 Å². The lowest BCUT2D eigenvalue weighted by Crippen LogP contribution is -2.41. The summed E-state index contributed by atoms with van der Waals surface area (Å²) in [6, 6.07) is 4.53. The van der Waals surface area contributed by atoms with Crippen LogP contribution in [0.25, 0.3) is 0 Å². The van der Waals surface area contributed by atoms with Crippen LogP contribution in [0, 0.1) is 17.7 Å². The van der Waals surface area contributed by atoms with Gasteiger partial charge in [0.05, 0.1) is 12.2 Å². The van der Waals surface area contributed by atoms with E-state index in [0.717, 1.165) is 0 Å². The lowest BCUT2D eigenvalue weighted by atomic mass is 10.1. The zero-order chi connectivity index (χ0) is 16.4. The van der Waals surface area contributed by atoms with Gasteiger partial charge in [0.15, 0.2) is 0 Å². The largest absolute Gasteiger partial charge is 0.374 e. The SMILES string of the molecule is CC(=O)Nc1ccc(F)c(NCC(=O)NC(C2CC2)C2CC2)c1. The number of amides is 2. The fraction of sp³-hybridized carbons (Fsp3) is 0.529. The number of carbonyl (C=O) groups is 2. The Hall–Kier alpha value is -2.11. The predicted octanol–water partition coefficient (Wildman–Crippen LogP) is 2.50. The maximum Gasteiger partial charge on any atom is 0.239 e. The Morgan fingerprint density at radius 1 is 1.22 bits per heavy atom. The Balaban J connectivity index is 1.54. The molecule has 0 aromatic heterocycles. The van der Waals surface area contributed by atoms with Crippen LogP contribution in [0.1, 0.15) is 32.6 Å². The van der Waals surface area contributed by atoms with Crippen LogP contribution in [0.5, 0.6) is 0 Å². The van der Waals surface area contributed by atoms with Gasteiger partial charge in [-0.1, -0.05) is 0 Å². The lowest BCUT2D eigenvalue weighted by Gasteiger charge is -2.18. The summed E-state index contributed by atoms with van der Waals surface area (Å²) in [5.41, 5.74) is 0.705. The molecule has 1 aromatic carbocycles. The summed E-state index contributed by atoms with van der Waals surface area (Å²) in [5, 5.41) is 8.49. The van der Waals surface area contributed by atoms with Crippen LogP contribution >= 0.6 is 0 Å². The molecule has 2 aliphatic carbocycles. The molecule has 23 heavy (non-hydrogen) atoms. The van der Waals surface area contributed by atoms with E-state index in [1.54, 1.807) is 0 Å². The second kappa shape index (κ2) is 6.56. The van der Waals surface area contributed by atoms with E-state index in [9.17, 15) is 14.0 Å². The number of hydrogen-bond acceptors (Lipinski definition) is 3. The van der Waals surface area contributed by atoms with Crippen molar-refractivity contribution in [2.24, 2.45) is 11.8 Å². The van der Waals surface area contributed by atoms with Gasteiger partial charge in [-0.2, -0.15) is 0 Å². The molecule has 0 saturated heterocycles. The van der Waals surface area contributed by atoms with E-state index < -0.39 is 5.82 Å². The van der Waals surface area contributed by atoms with Crippen molar-refractivity contribution in [1.82, 2.24) is 5.32 Å². The monoisotopic (exact) mass is 319 g/mol. The van der Waals surface area contributed by atoms with Gasteiger partial charge in [-0.25, -0.2) is 4.39 Å². The van der Waals surface area contributed by atoms with Gasteiger partial charge in [0, 0.05) is 18.7 Å². The molecule has 2 fully saturated rings. The predicted molar refractivity (Wildman–Crippen MR) is 86.6 cm³/mol. The highest BCUT2D eigenvalue weighted by atomic mass is 19.1. The molecule has 0 unspecified atom stereocenters. The standard InChI is InChI=1S/C17H22FN3O2/c1-10(22)20-13-6-7-14(18)15(8-13)19-9-16(23)21-17(11-2-3-11)12-4-5-12/h6-8,11-12,17,19H,2-5,9H2,1H3,(H,20,22)(H,21,23). The molecular weight excluding hydrogens is 297 g/mol. The molecule has 2 amide bonds. The van der Waals surface area contributed by atoms with Crippen molar-refractivity contribution < 1.29 is 14.0 Å². The van der Waals surface area contributed by atoms with Crippen LogP contribution in [0.4, 0.5) is 15.8 Å². The summed E-state index contributed by atoms with van der Waals surface area (Å²) in [7, 11) is 0. The summed E-state index contributed by atoms with van der Waals surface area (Å²) in [6.07, 6.45) is 4.79. The second-order valence-electron chi connectivity index (χ2n) is 6.50. The molecule has 1 aromatic rings. The number of hydrogen-bond donors (Lipinski definition) is 3. The third kappa shape index (κ3) is 4.43. The summed E-state index contributed by atoms with van der Waals surface area (Å²) in [5.74, 6) is 0.473. The van der Waals surface area contributed by atoms with E-state index in [1.165, 1.54) is 50.8 Å². The molecule has 0 atom stereocenters. The van der Waals surface area contributed by atoms with Crippen molar-refractivity contribution in [2.45, 2.75) is 38.6 Å². The van der Waals surface area contributed by atoms with E-state index in [0.29, 0.717) is 23.6 Å². The quantitative estimate of drug-likeness (QED) is 0.723. The summed E-state index contributed by atoms with van der Waals surface area (Å²) in [6.45, 7) is 1.41. The molecule has 2 aliphatic rings. The molecule has 3 rings (SSSR count). The van der Waals surface area contributed by atoms with Crippen LogP contribution < -0.4 is 16.0 Å². The minimum Gasteiger partial charge on any atom is -0.374 e. The molecule has 0 bridgehead atoms. The Morgan fingerprint density at radius 2 is 1.87 bits per heavy atom. The van der Waals surface area contributed by atoms with Crippen molar-refractivity contribution in [2.75, 3.05) is 17.2 Å².